The minimum atomic E-state index is -0.236. The molecule has 2 saturated heterocycles. The largest absolute Gasteiger partial charge is 0.450 e. The molecule has 0 spiro atoms. The van der Waals surface area contributed by atoms with E-state index in [-0.39, 0.29) is 12.2 Å². The van der Waals surface area contributed by atoms with E-state index in [1.54, 1.807) is 4.90 Å². The molecule has 2 aliphatic rings. The number of aliphatic imine (C=N–C) groups is 1. The van der Waals surface area contributed by atoms with Crippen molar-refractivity contribution in [1.82, 2.24) is 20.1 Å². The van der Waals surface area contributed by atoms with Crippen LogP contribution in [0.15, 0.2) is 23.3 Å². The van der Waals surface area contributed by atoms with Gasteiger partial charge < -0.3 is 29.5 Å². The second-order valence-electron chi connectivity index (χ2n) is 7.50. The number of aromatic nitrogens is 1. The van der Waals surface area contributed by atoms with Crippen LogP contribution >= 0.6 is 0 Å². The third-order valence-corrected chi connectivity index (χ3v) is 5.23. The summed E-state index contributed by atoms with van der Waals surface area (Å²) in [6, 6.07) is 4.15. The van der Waals surface area contributed by atoms with Crippen LogP contribution in [0, 0.1) is 0 Å². The number of carbonyl (C=O) groups is 1. The van der Waals surface area contributed by atoms with Gasteiger partial charge in [-0.05, 0) is 32.4 Å². The lowest BCUT2D eigenvalue weighted by molar-refractivity contribution is 0.0529. The summed E-state index contributed by atoms with van der Waals surface area (Å²) in [5, 5.41) is 3.36. The highest BCUT2D eigenvalue weighted by Gasteiger charge is 2.23. The number of rotatable bonds is 5. The van der Waals surface area contributed by atoms with E-state index in [9.17, 15) is 4.79 Å². The van der Waals surface area contributed by atoms with Crippen LogP contribution in [0.2, 0.25) is 0 Å². The Morgan fingerprint density at radius 1 is 1.23 bits per heavy atom. The Kier molecular flexibility index (Phi) is 8.12. The zero-order valence-corrected chi connectivity index (χ0v) is 18.3. The fourth-order valence-electron chi connectivity index (χ4n) is 3.63. The van der Waals surface area contributed by atoms with Crippen molar-refractivity contribution in [2.24, 2.45) is 4.99 Å². The number of ether oxygens (including phenoxy) is 2. The topological polar surface area (TPSA) is 82.5 Å². The van der Waals surface area contributed by atoms with Gasteiger partial charge in [0.1, 0.15) is 5.82 Å². The van der Waals surface area contributed by atoms with Gasteiger partial charge in [-0.3, -0.25) is 0 Å². The summed E-state index contributed by atoms with van der Waals surface area (Å²) in [5.74, 6) is 1.85. The fraction of sp³-hybridized carbons (Fsp3) is 0.667. The van der Waals surface area contributed by atoms with Gasteiger partial charge >= 0.3 is 6.09 Å². The molecule has 0 aliphatic carbocycles. The predicted molar refractivity (Wildman–Crippen MR) is 117 cm³/mol. The Bertz CT molecular complexity index is 703. The van der Waals surface area contributed by atoms with E-state index in [1.165, 1.54) is 0 Å². The number of hydrogen-bond donors (Lipinski definition) is 1. The van der Waals surface area contributed by atoms with Crippen LogP contribution in [0.25, 0.3) is 0 Å². The van der Waals surface area contributed by atoms with E-state index in [4.69, 9.17) is 14.5 Å². The second kappa shape index (κ2) is 11.0. The minimum absolute atomic E-state index is 0.233. The number of morpholine rings is 1. The Labute approximate surface area is 179 Å². The highest BCUT2D eigenvalue weighted by molar-refractivity contribution is 5.80. The number of guanidine groups is 1. The van der Waals surface area contributed by atoms with Crippen molar-refractivity contribution in [1.29, 1.82) is 0 Å². The van der Waals surface area contributed by atoms with Crippen LogP contribution in [-0.2, 0) is 16.0 Å². The number of carbonyl (C=O) groups excluding carboxylic acids is 1. The normalized spacial score (nSPS) is 20.3. The third-order valence-electron chi connectivity index (χ3n) is 5.23. The molecule has 2 fully saturated rings. The number of nitrogens with zero attached hydrogens (tertiary/aromatic N) is 5. The summed E-state index contributed by atoms with van der Waals surface area (Å²) in [4.78, 5) is 27.5. The van der Waals surface area contributed by atoms with Crippen LogP contribution < -0.4 is 10.2 Å². The van der Waals surface area contributed by atoms with Crippen LogP contribution in [0.1, 0.15) is 26.3 Å². The van der Waals surface area contributed by atoms with Crippen LogP contribution in [0.5, 0.6) is 0 Å². The average Bonchev–Trinajstić information content (AvgIpc) is 2.77. The molecule has 3 rings (SSSR count). The highest BCUT2D eigenvalue weighted by atomic mass is 16.6. The zero-order chi connectivity index (χ0) is 21.3. The molecule has 3 heterocycles. The van der Waals surface area contributed by atoms with Crippen LogP contribution in [-0.4, -0.2) is 92.0 Å². The van der Waals surface area contributed by atoms with Gasteiger partial charge in [-0.1, -0.05) is 6.07 Å². The van der Waals surface area contributed by atoms with Gasteiger partial charge in [-0.25, -0.2) is 14.8 Å². The van der Waals surface area contributed by atoms with Crippen LogP contribution in [0.4, 0.5) is 10.6 Å². The maximum Gasteiger partial charge on any atom is 0.409 e. The van der Waals surface area contributed by atoms with Crippen molar-refractivity contribution >= 4 is 17.9 Å². The number of nitrogens with one attached hydrogen (secondary N) is 1. The molecule has 30 heavy (non-hydrogen) atoms. The van der Waals surface area contributed by atoms with E-state index in [2.05, 4.69) is 46.1 Å². The van der Waals surface area contributed by atoms with Gasteiger partial charge in [0.15, 0.2) is 5.96 Å². The molecule has 1 unspecified atom stereocenters. The molecule has 1 amide bonds. The number of pyridine rings is 1. The SMILES string of the molecule is CCNC(=NCc1ccc(N2CCOC(C)C2)nc1)N1CCN(C(=O)OCC)CC1. The molecule has 0 aromatic carbocycles. The van der Waals surface area contributed by atoms with Crippen molar-refractivity contribution in [3.05, 3.63) is 23.9 Å². The van der Waals surface area contributed by atoms with Crippen molar-refractivity contribution in [2.75, 3.05) is 63.9 Å². The smallest absolute Gasteiger partial charge is 0.409 e. The minimum Gasteiger partial charge on any atom is -0.450 e. The molecule has 0 bridgehead atoms. The molecule has 1 aromatic heterocycles. The van der Waals surface area contributed by atoms with Crippen molar-refractivity contribution in [3.8, 4) is 0 Å². The highest BCUT2D eigenvalue weighted by Crippen LogP contribution is 2.16. The summed E-state index contributed by atoms with van der Waals surface area (Å²) in [6.45, 7) is 13.0. The quantitative estimate of drug-likeness (QED) is 0.574. The average molecular weight is 419 g/mol. The zero-order valence-electron chi connectivity index (χ0n) is 18.3. The van der Waals surface area contributed by atoms with Gasteiger partial charge in [-0.15, -0.1) is 0 Å². The number of amides is 1. The molecule has 9 heteroatoms. The summed E-state index contributed by atoms with van der Waals surface area (Å²) < 4.78 is 10.7. The first-order chi connectivity index (χ1) is 14.6. The molecule has 2 aliphatic heterocycles. The first-order valence-corrected chi connectivity index (χ1v) is 10.9. The molecule has 1 atom stereocenters. The van der Waals surface area contributed by atoms with Gasteiger partial charge in [0.25, 0.3) is 0 Å². The number of anilines is 1. The molecular formula is C21H34N6O3. The predicted octanol–water partition coefficient (Wildman–Crippen LogP) is 1.55. The van der Waals surface area contributed by atoms with E-state index in [1.807, 2.05) is 13.1 Å². The Hall–Kier alpha value is -2.55. The standard InChI is InChI=1S/C21H34N6O3/c1-4-22-20(25-8-10-26(11-9-25)21(28)29-5-2)24-15-18-6-7-19(23-14-18)27-12-13-30-17(3)16-27/h6-7,14,17H,4-5,8-13,15-16H2,1-3H3,(H,22,24). The third kappa shape index (κ3) is 5.98. The number of piperazine rings is 1. The van der Waals surface area contributed by atoms with Crippen molar-refractivity contribution in [2.45, 2.75) is 33.4 Å². The van der Waals surface area contributed by atoms with Gasteiger partial charge in [-0.2, -0.15) is 0 Å². The molecule has 166 valence electrons. The molecular weight excluding hydrogens is 384 g/mol. The van der Waals surface area contributed by atoms with Gasteiger partial charge in [0, 0.05) is 52.0 Å². The molecule has 9 nitrogen and oxygen atoms in total. The number of hydrogen-bond acceptors (Lipinski definition) is 6. The van der Waals surface area contributed by atoms with Crippen molar-refractivity contribution < 1.29 is 14.3 Å². The lowest BCUT2D eigenvalue weighted by atomic mass is 10.2. The summed E-state index contributed by atoms with van der Waals surface area (Å²) in [6.07, 6.45) is 1.90. The Morgan fingerprint density at radius 2 is 2.00 bits per heavy atom. The van der Waals surface area contributed by atoms with E-state index in [0.717, 1.165) is 56.7 Å². The van der Waals surface area contributed by atoms with E-state index >= 15 is 0 Å². The monoisotopic (exact) mass is 418 g/mol. The van der Waals surface area contributed by atoms with E-state index in [0.29, 0.717) is 26.2 Å². The van der Waals surface area contributed by atoms with Gasteiger partial charge in [0.2, 0.25) is 0 Å². The molecule has 1 aromatic rings. The molecule has 1 N–H and O–H groups in total. The second-order valence-corrected chi connectivity index (χ2v) is 7.50. The first kappa shape index (κ1) is 22.1. The first-order valence-electron chi connectivity index (χ1n) is 10.9. The van der Waals surface area contributed by atoms with Crippen LogP contribution in [0.3, 0.4) is 0 Å². The lowest BCUT2D eigenvalue weighted by Crippen LogP contribution is -2.53. The Morgan fingerprint density at radius 3 is 2.63 bits per heavy atom. The molecule has 0 saturated carbocycles. The summed E-state index contributed by atoms with van der Waals surface area (Å²) in [5.41, 5.74) is 1.07. The fourth-order valence-corrected chi connectivity index (χ4v) is 3.63. The van der Waals surface area contributed by atoms with E-state index < -0.39 is 0 Å². The van der Waals surface area contributed by atoms with Gasteiger partial charge in [0.05, 0.1) is 25.9 Å². The lowest BCUT2D eigenvalue weighted by Gasteiger charge is -2.35. The summed E-state index contributed by atoms with van der Waals surface area (Å²) >= 11 is 0. The Balaban J connectivity index is 1.56. The van der Waals surface area contributed by atoms with Crippen molar-refractivity contribution in [3.63, 3.8) is 0 Å². The maximum absolute atomic E-state index is 11.9. The maximum atomic E-state index is 11.9. The summed E-state index contributed by atoms with van der Waals surface area (Å²) in [7, 11) is 0. The molecule has 0 radical (unpaired) electrons.